The van der Waals surface area contributed by atoms with E-state index in [1.807, 2.05) is 30.3 Å². The molecule has 4 rings (SSSR count). The lowest BCUT2D eigenvalue weighted by molar-refractivity contribution is -0.119. The van der Waals surface area contributed by atoms with Gasteiger partial charge in [0.25, 0.3) is 0 Å². The Kier molecular flexibility index (Phi) is 4.17. The molecule has 1 aromatic rings. The van der Waals surface area contributed by atoms with Crippen LogP contribution in [-0.2, 0) is 4.79 Å². The molecule has 0 spiro atoms. The van der Waals surface area contributed by atoms with Crippen LogP contribution in [-0.4, -0.2) is 22.2 Å². The van der Waals surface area contributed by atoms with Crippen LogP contribution in [0.2, 0.25) is 0 Å². The minimum absolute atomic E-state index is 0.0210. The van der Waals surface area contributed by atoms with E-state index in [-0.39, 0.29) is 22.0 Å². The molecule has 1 saturated carbocycles. The van der Waals surface area contributed by atoms with Crippen molar-refractivity contribution in [2.75, 3.05) is 5.43 Å². The standard InChI is InChI=1S/C24H32N2O2/c1-21(2)13-23(5)12-16-11-22(3,4)20(26-25-17-9-7-6-8-10-17)19(27)18(16)24(28,14-21)15-23/h6-10,25,28H,11-15H2,1-5H3. The second kappa shape index (κ2) is 6.03. The number of anilines is 1. The molecule has 1 fully saturated rings. The van der Waals surface area contributed by atoms with E-state index in [0.29, 0.717) is 24.1 Å². The van der Waals surface area contributed by atoms with Crippen LogP contribution in [0.15, 0.2) is 46.6 Å². The Balaban J connectivity index is 1.76. The number of Topliss-reactive ketones (excluding diaryl/α,β-unsaturated/α-hetero) is 1. The maximum atomic E-state index is 13.6. The number of nitrogens with one attached hydrogen (secondary N) is 1. The summed E-state index contributed by atoms with van der Waals surface area (Å²) in [5, 5.41) is 16.2. The molecule has 4 nitrogen and oxygen atoms in total. The van der Waals surface area contributed by atoms with Gasteiger partial charge in [-0.05, 0) is 55.1 Å². The molecule has 0 aliphatic heterocycles. The SMILES string of the molecule is CC1(C)CC2(C)CC3=C(C(=O)C(=NNc4ccccc4)C(C)(C)C3)C(O)(C1)C2. The lowest BCUT2D eigenvalue weighted by Crippen LogP contribution is -2.56. The van der Waals surface area contributed by atoms with Crippen molar-refractivity contribution >= 4 is 17.2 Å². The summed E-state index contributed by atoms with van der Waals surface area (Å²) in [5.41, 5.74) is 4.91. The van der Waals surface area contributed by atoms with Gasteiger partial charge in [-0.1, -0.05) is 58.4 Å². The molecule has 4 heteroatoms. The minimum Gasteiger partial charge on any atom is -0.385 e. The first-order chi connectivity index (χ1) is 12.9. The van der Waals surface area contributed by atoms with Crippen LogP contribution in [0.5, 0.6) is 0 Å². The first-order valence-electron chi connectivity index (χ1n) is 10.3. The zero-order valence-corrected chi connectivity index (χ0v) is 17.7. The van der Waals surface area contributed by atoms with Crippen molar-refractivity contribution in [3.05, 3.63) is 41.5 Å². The highest BCUT2D eigenvalue weighted by Gasteiger charge is 2.58. The first kappa shape index (κ1) is 19.4. The predicted molar refractivity (Wildman–Crippen MR) is 113 cm³/mol. The van der Waals surface area contributed by atoms with Crippen molar-refractivity contribution in [2.45, 2.75) is 72.3 Å². The molecule has 3 aliphatic rings. The molecule has 2 N–H and O–H groups in total. The molecule has 150 valence electrons. The van der Waals surface area contributed by atoms with E-state index >= 15 is 0 Å². The van der Waals surface area contributed by atoms with Gasteiger partial charge in [0.1, 0.15) is 5.71 Å². The van der Waals surface area contributed by atoms with Gasteiger partial charge < -0.3 is 5.11 Å². The quantitative estimate of drug-likeness (QED) is 0.702. The van der Waals surface area contributed by atoms with Crippen LogP contribution < -0.4 is 5.43 Å². The Morgan fingerprint density at radius 3 is 2.32 bits per heavy atom. The molecule has 0 amide bonds. The number of nitrogens with zero attached hydrogens (tertiary/aromatic N) is 1. The highest BCUT2D eigenvalue weighted by molar-refractivity contribution is 6.49. The number of allylic oxidation sites excluding steroid dienone is 1. The molecule has 0 heterocycles. The molecular formula is C24H32N2O2. The van der Waals surface area contributed by atoms with Crippen LogP contribution in [0.25, 0.3) is 0 Å². The summed E-state index contributed by atoms with van der Waals surface area (Å²) in [7, 11) is 0. The molecule has 0 radical (unpaired) electrons. The van der Waals surface area contributed by atoms with Crippen molar-refractivity contribution < 1.29 is 9.90 Å². The zero-order valence-electron chi connectivity index (χ0n) is 17.7. The molecule has 3 aliphatic carbocycles. The number of rotatable bonds is 2. The summed E-state index contributed by atoms with van der Waals surface area (Å²) < 4.78 is 0. The van der Waals surface area contributed by atoms with E-state index in [0.717, 1.165) is 30.5 Å². The summed E-state index contributed by atoms with van der Waals surface area (Å²) >= 11 is 0. The monoisotopic (exact) mass is 380 g/mol. The Morgan fingerprint density at radius 2 is 1.64 bits per heavy atom. The van der Waals surface area contributed by atoms with Crippen LogP contribution in [0.1, 0.15) is 66.7 Å². The van der Waals surface area contributed by atoms with Crippen LogP contribution >= 0.6 is 0 Å². The van der Waals surface area contributed by atoms with Gasteiger partial charge in [0.2, 0.25) is 5.78 Å². The average molecular weight is 381 g/mol. The first-order valence-corrected chi connectivity index (χ1v) is 10.3. The van der Waals surface area contributed by atoms with Gasteiger partial charge >= 0.3 is 0 Å². The summed E-state index contributed by atoms with van der Waals surface area (Å²) in [5.74, 6) is -0.0723. The van der Waals surface area contributed by atoms with Gasteiger partial charge in [-0.2, -0.15) is 5.10 Å². The number of carbonyl (C=O) groups is 1. The second-order valence-electron chi connectivity index (χ2n) is 11.0. The Bertz CT molecular complexity index is 881. The fourth-order valence-corrected chi connectivity index (χ4v) is 6.48. The van der Waals surface area contributed by atoms with Crippen LogP contribution in [0.3, 0.4) is 0 Å². The van der Waals surface area contributed by atoms with Crippen molar-refractivity contribution in [2.24, 2.45) is 21.3 Å². The molecule has 0 saturated heterocycles. The number of para-hydroxylation sites is 1. The highest BCUT2D eigenvalue weighted by Crippen LogP contribution is 2.61. The summed E-state index contributed by atoms with van der Waals surface area (Å²) in [4.78, 5) is 13.6. The van der Waals surface area contributed by atoms with Crippen LogP contribution in [0.4, 0.5) is 5.69 Å². The third-order valence-corrected chi connectivity index (χ3v) is 6.66. The highest BCUT2D eigenvalue weighted by atomic mass is 16.3. The van der Waals surface area contributed by atoms with E-state index in [4.69, 9.17) is 0 Å². The number of fused-ring (bicyclic) bond motifs is 3. The number of hydrogen-bond acceptors (Lipinski definition) is 4. The molecule has 2 unspecified atom stereocenters. The largest absolute Gasteiger partial charge is 0.385 e. The Labute approximate surface area is 168 Å². The van der Waals surface area contributed by atoms with Crippen molar-refractivity contribution in [3.63, 3.8) is 0 Å². The summed E-state index contributed by atoms with van der Waals surface area (Å²) in [6.07, 6.45) is 4.09. The van der Waals surface area contributed by atoms with Crippen molar-refractivity contribution in [1.82, 2.24) is 0 Å². The van der Waals surface area contributed by atoms with E-state index in [1.54, 1.807) is 0 Å². The van der Waals surface area contributed by atoms with Gasteiger partial charge in [-0.25, -0.2) is 0 Å². The maximum absolute atomic E-state index is 13.6. The second-order valence-corrected chi connectivity index (χ2v) is 11.0. The minimum atomic E-state index is -1.04. The molecule has 28 heavy (non-hydrogen) atoms. The van der Waals surface area contributed by atoms with E-state index in [1.165, 1.54) is 0 Å². The molecule has 1 aromatic carbocycles. The number of aliphatic hydroxyl groups is 1. The zero-order chi connectivity index (χ0) is 20.4. The summed E-state index contributed by atoms with van der Waals surface area (Å²) in [6, 6.07) is 9.68. The van der Waals surface area contributed by atoms with Gasteiger partial charge in [0, 0.05) is 11.0 Å². The van der Waals surface area contributed by atoms with Gasteiger partial charge in [0.05, 0.1) is 11.3 Å². The van der Waals surface area contributed by atoms with E-state index < -0.39 is 5.60 Å². The third-order valence-electron chi connectivity index (χ3n) is 6.66. The number of carbonyl (C=O) groups excluding carboxylic acids is 1. The Hall–Kier alpha value is -1.94. The van der Waals surface area contributed by atoms with E-state index in [2.05, 4.69) is 45.1 Å². The number of hydrogen-bond donors (Lipinski definition) is 2. The molecule has 2 atom stereocenters. The fraction of sp³-hybridized carbons (Fsp3) is 0.583. The average Bonchev–Trinajstić information content (AvgIpc) is 2.50. The molecular weight excluding hydrogens is 348 g/mol. The smallest absolute Gasteiger partial charge is 0.208 e. The van der Waals surface area contributed by atoms with Crippen molar-refractivity contribution in [1.29, 1.82) is 0 Å². The molecule has 0 aromatic heterocycles. The van der Waals surface area contributed by atoms with Crippen molar-refractivity contribution in [3.8, 4) is 0 Å². The van der Waals surface area contributed by atoms with E-state index in [9.17, 15) is 9.90 Å². The lowest BCUT2D eigenvalue weighted by Gasteiger charge is -2.57. The normalized spacial score (nSPS) is 34.9. The predicted octanol–water partition coefficient (Wildman–Crippen LogP) is 5.10. The number of hydrazone groups is 1. The van der Waals surface area contributed by atoms with Gasteiger partial charge in [0.15, 0.2) is 0 Å². The number of benzene rings is 1. The topological polar surface area (TPSA) is 61.7 Å². The van der Waals surface area contributed by atoms with Gasteiger partial charge in [-0.15, -0.1) is 0 Å². The Morgan fingerprint density at radius 1 is 0.964 bits per heavy atom. The van der Waals surface area contributed by atoms with Crippen LogP contribution in [0, 0.1) is 16.2 Å². The molecule has 2 bridgehead atoms. The summed E-state index contributed by atoms with van der Waals surface area (Å²) in [6.45, 7) is 10.9. The number of ketones is 1. The fourth-order valence-electron chi connectivity index (χ4n) is 6.48. The third kappa shape index (κ3) is 3.22. The lowest BCUT2D eigenvalue weighted by atomic mass is 9.49. The van der Waals surface area contributed by atoms with Gasteiger partial charge in [-0.3, -0.25) is 10.2 Å². The maximum Gasteiger partial charge on any atom is 0.208 e.